The van der Waals surface area contributed by atoms with E-state index in [0.29, 0.717) is 12.1 Å². The van der Waals surface area contributed by atoms with Crippen molar-refractivity contribution < 1.29 is 21.6 Å². The Labute approximate surface area is 109 Å². The first-order chi connectivity index (χ1) is 8.70. The summed E-state index contributed by atoms with van der Waals surface area (Å²) in [5, 5.41) is 0. The predicted molar refractivity (Wildman–Crippen MR) is 64.3 cm³/mol. The van der Waals surface area contributed by atoms with Crippen molar-refractivity contribution in [2.45, 2.75) is 24.8 Å². The molecule has 0 saturated heterocycles. The van der Waals surface area contributed by atoms with E-state index < -0.39 is 38.4 Å². The van der Waals surface area contributed by atoms with Crippen LogP contribution in [0.4, 0.5) is 13.2 Å². The van der Waals surface area contributed by atoms with E-state index in [1.54, 1.807) is 13.8 Å². The lowest BCUT2D eigenvalue weighted by atomic mass is 10.1. The van der Waals surface area contributed by atoms with Gasteiger partial charge in [-0.25, -0.2) is 26.3 Å². The van der Waals surface area contributed by atoms with E-state index in [-0.39, 0.29) is 12.5 Å². The summed E-state index contributed by atoms with van der Waals surface area (Å²) in [6, 6.07) is 0.599. The van der Waals surface area contributed by atoms with Crippen LogP contribution in [-0.2, 0) is 10.0 Å². The molecule has 0 spiro atoms. The molecule has 1 aromatic carbocycles. The van der Waals surface area contributed by atoms with Gasteiger partial charge in [0, 0.05) is 12.6 Å². The lowest BCUT2D eigenvalue weighted by molar-refractivity contribution is 0.426. The predicted octanol–water partition coefficient (Wildman–Crippen LogP) is 1.37. The van der Waals surface area contributed by atoms with Crippen LogP contribution in [0.2, 0.25) is 0 Å². The van der Waals surface area contributed by atoms with Crippen molar-refractivity contribution >= 4 is 10.0 Å². The number of benzene rings is 1. The minimum atomic E-state index is -4.30. The molecule has 3 N–H and O–H groups in total. The fourth-order valence-corrected chi connectivity index (χ4v) is 2.90. The van der Waals surface area contributed by atoms with Crippen LogP contribution in [0, 0.1) is 23.4 Å². The number of rotatable bonds is 5. The molecule has 1 aromatic rings. The van der Waals surface area contributed by atoms with Crippen LogP contribution in [0.3, 0.4) is 0 Å². The third-order valence-corrected chi connectivity index (χ3v) is 4.16. The monoisotopic (exact) mass is 296 g/mol. The van der Waals surface area contributed by atoms with Crippen molar-refractivity contribution in [1.29, 1.82) is 0 Å². The molecular formula is C11H15F3N2O2S. The van der Waals surface area contributed by atoms with Crippen molar-refractivity contribution in [2.24, 2.45) is 11.7 Å². The molecule has 0 heterocycles. The SMILES string of the molecule is CC(C)C(CN)NS(=O)(=O)c1ccc(F)c(F)c1F. The van der Waals surface area contributed by atoms with Gasteiger partial charge in [-0.05, 0) is 18.1 Å². The van der Waals surface area contributed by atoms with E-state index in [1.807, 2.05) is 0 Å². The van der Waals surface area contributed by atoms with Crippen LogP contribution in [0.1, 0.15) is 13.8 Å². The number of sulfonamides is 1. The number of nitrogens with one attached hydrogen (secondary N) is 1. The maximum Gasteiger partial charge on any atom is 0.243 e. The van der Waals surface area contributed by atoms with E-state index in [2.05, 4.69) is 4.72 Å². The second-order valence-electron chi connectivity index (χ2n) is 4.38. The highest BCUT2D eigenvalue weighted by atomic mass is 32.2. The van der Waals surface area contributed by atoms with Gasteiger partial charge in [0.2, 0.25) is 10.0 Å². The zero-order chi connectivity index (χ0) is 14.8. The van der Waals surface area contributed by atoms with Crippen molar-refractivity contribution in [3.8, 4) is 0 Å². The Morgan fingerprint density at radius 1 is 1.21 bits per heavy atom. The van der Waals surface area contributed by atoms with E-state index >= 15 is 0 Å². The van der Waals surface area contributed by atoms with Crippen molar-refractivity contribution in [2.75, 3.05) is 6.54 Å². The summed E-state index contributed by atoms with van der Waals surface area (Å²) in [7, 11) is -4.30. The summed E-state index contributed by atoms with van der Waals surface area (Å²) in [6.45, 7) is 3.45. The number of hydrogen-bond acceptors (Lipinski definition) is 3. The molecule has 0 aliphatic rings. The Morgan fingerprint density at radius 2 is 1.79 bits per heavy atom. The molecule has 1 unspecified atom stereocenters. The zero-order valence-corrected chi connectivity index (χ0v) is 11.3. The summed E-state index contributed by atoms with van der Waals surface area (Å²) in [4.78, 5) is -0.939. The van der Waals surface area contributed by atoms with Gasteiger partial charge in [-0.2, -0.15) is 0 Å². The van der Waals surface area contributed by atoms with Crippen LogP contribution in [0.5, 0.6) is 0 Å². The molecule has 8 heteroatoms. The molecule has 0 amide bonds. The van der Waals surface area contributed by atoms with Gasteiger partial charge in [-0.1, -0.05) is 13.8 Å². The lowest BCUT2D eigenvalue weighted by Gasteiger charge is -2.20. The van der Waals surface area contributed by atoms with Gasteiger partial charge in [0.15, 0.2) is 17.5 Å². The maximum atomic E-state index is 13.4. The van der Waals surface area contributed by atoms with Crippen LogP contribution in [0.25, 0.3) is 0 Å². The Morgan fingerprint density at radius 3 is 2.26 bits per heavy atom. The van der Waals surface area contributed by atoms with Gasteiger partial charge in [0.25, 0.3) is 0 Å². The average molecular weight is 296 g/mol. The van der Waals surface area contributed by atoms with Crippen LogP contribution in [-0.4, -0.2) is 21.0 Å². The summed E-state index contributed by atoms with van der Waals surface area (Å²) in [5.41, 5.74) is 5.40. The minimum Gasteiger partial charge on any atom is -0.329 e. The highest BCUT2D eigenvalue weighted by Gasteiger charge is 2.27. The largest absolute Gasteiger partial charge is 0.329 e. The van der Waals surface area contributed by atoms with Gasteiger partial charge in [0.1, 0.15) is 4.90 Å². The molecule has 1 rings (SSSR count). The summed E-state index contributed by atoms with van der Waals surface area (Å²) < 4.78 is 65.2. The Kier molecular flexibility index (Phi) is 4.94. The Hall–Kier alpha value is -1.12. The highest BCUT2D eigenvalue weighted by Crippen LogP contribution is 2.20. The first-order valence-corrected chi connectivity index (χ1v) is 7.05. The average Bonchev–Trinajstić information content (AvgIpc) is 2.32. The Balaban J connectivity index is 3.18. The second kappa shape index (κ2) is 5.89. The molecule has 0 aromatic heterocycles. The molecule has 0 aliphatic heterocycles. The molecule has 108 valence electrons. The smallest absolute Gasteiger partial charge is 0.243 e. The van der Waals surface area contributed by atoms with Gasteiger partial charge in [0.05, 0.1) is 0 Å². The van der Waals surface area contributed by atoms with E-state index in [1.165, 1.54) is 0 Å². The van der Waals surface area contributed by atoms with Crippen molar-refractivity contribution in [1.82, 2.24) is 4.72 Å². The maximum absolute atomic E-state index is 13.4. The fourth-order valence-electron chi connectivity index (χ4n) is 1.43. The summed E-state index contributed by atoms with van der Waals surface area (Å²) in [5.74, 6) is -5.15. The zero-order valence-electron chi connectivity index (χ0n) is 10.5. The van der Waals surface area contributed by atoms with Gasteiger partial charge in [-0.15, -0.1) is 0 Å². The topological polar surface area (TPSA) is 72.2 Å². The molecule has 0 bridgehead atoms. The van der Waals surface area contributed by atoms with E-state index in [9.17, 15) is 21.6 Å². The third-order valence-electron chi connectivity index (χ3n) is 2.65. The number of halogens is 3. The molecular weight excluding hydrogens is 281 g/mol. The first-order valence-electron chi connectivity index (χ1n) is 5.56. The third kappa shape index (κ3) is 3.46. The highest BCUT2D eigenvalue weighted by molar-refractivity contribution is 7.89. The van der Waals surface area contributed by atoms with Gasteiger partial charge < -0.3 is 5.73 Å². The van der Waals surface area contributed by atoms with Crippen LogP contribution >= 0.6 is 0 Å². The van der Waals surface area contributed by atoms with E-state index in [0.717, 1.165) is 0 Å². The lowest BCUT2D eigenvalue weighted by Crippen LogP contribution is -2.43. The molecule has 0 saturated carbocycles. The molecule has 1 atom stereocenters. The minimum absolute atomic E-state index is 0.00218. The van der Waals surface area contributed by atoms with E-state index in [4.69, 9.17) is 5.73 Å². The summed E-state index contributed by atoms with van der Waals surface area (Å²) >= 11 is 0. The van der Waals surface area contributed by atoms with Crippen LogP contribution < -0.4 is 10.5 Å². The molecule has 19 heavy (non-hydrogen) atoms. The van der Waals surface area contributed by atoms with Crippen molar-refractivity contribution in [3.05, 3.63) is 29.6 Å². The molecule has 0 radical (unpaired) electrons. The normalized spacial score (nSPS) is 13.8. The second-order valence-corrected chi connectivity index (χ2v) is 6.06. The number of nitrogens with two attached hydrogens (primary N) is 1. The standard InChI is InChI=1S/C11H15F3N2O2S/c1-6(2)8(5-15)16-19(17,18)9-4-3-7(12)10(13)11(9)14/h3-4,6,8,16H,5,15H2,1-2H3. The molecule has 0 fully saturated rings. The Bertz CT molecular complexity index is 561. The van der Waals surface area contributed by atoms with Crippen molar-refractivity contribution in [3.63, 3.8) is 0 Å². The van der Waals surface area contributed by atoms with Crippen LogP contribution in [0.15, 0.2) is 17.0 Å². The van der Waals surface area contributed by atoms with Gasteiger partial charge >= 0.3 is 0 Å². The quantitative estimate of drug-likeness (QED) is 0.806. The first kappa shape index (κ1) is 15.9. The summed E-state index contributed by atoms with van der Waals surface area (Å²) in [6.07, 6.45) is 0. The molecule has 4 nitrogen and oxygen atoms in total. The fraction of sp³-hybridized carbons (Fsp3) is 0.455. The molecule has 0 aliphatic carbocycles. The number of hydrogen-bond donors (Lipinski definition) is 2. The van der Waals surface area contributed by atoms with Gasteiger partial charge in [-0.3, -0.25) is 0 Å².